The van der Waals surface area contributed by atoms with Gasteiger partial charge in [-0.2, -0.15) is 5.10 Å². The maximum absolute atomic E-state index is 11.9. The van der Waals surface area contributed by atoms with Crippen molar-refractivity contribution in [2.45, 2.75) is 26.7 Å². The van der Waals surface area contributed by atoms with Gasteiger partial charge in [0.2, 0.25) is 0 Å². The SMILES string of the molecule is Cc1nn(C)c(C(=O)NCC2(C)CC2)c1N. The Bertz CT molecular complexity index is 431. The lowest BCUT2D eigenvalue weighted by molar-refractivity contribution is 0.0937. The summed E-state index contributed by atoms with van der Waals surface area (Å²) in [5.74, 6) is -0.131. The second-order valence-corrected chi connectivity index (χ2v) is 4.96. The zero-order valence-corrected chi connectivity index (χ0v) is 10.0. The maximum Gasteiger partial charge on any atom is 0.271 e. The lowest BCUT2D eigenvalue weighted by Gasteiger charge is -2.10. The van der Waals surface area contributed by atoms with E-state index in [4.69, 9.17) is 5.73 Å². The molecule has 5 heteroatoms. The maximum atomic E-state index is 11.9. The minimum Gasteiger partial charge on any atom is -0.395 e. The van der Waals surface area contributed by atoms with E-state index in [1.165, 1.54) is 17.5 Å². The number of aryl methyl sites for hydroxylation is 2. The van der Waals surface area contributed by atoms with E-state index in [0.29, 0.717) is 22.5 Å². The Labute approximate surface area is 95.0 Å². The van der Waals surface area contributed by atoms with Crippen molar-refractivity contribution in [3.63, 3.8) is 0 Å². The van der Waals surface area contributed by atoms with Gasteiger partial charge < -0.3 is 11.1 Å². The van der Waals surface area contributed by atoms with Crippen LogP contribution in [0, 0.1) is 12.3 Å². The first kappa shape index (κ1) is 11.0. The number of carbonyl (C=O) groups is 1. The van der Waals surface area contributed by atoms with Gasteiger partial charge in [-0.3, -0.25) is 9.48 Å². The molecule has 1 aliphatic carbocycles. The number of nitrogen functional groups attached to an aromatic ring is 1. The number of hydrogen-bond donors (Lipinski definition) is 2. The normalized spacial score (nSPS) is 17.2. The molecule has 88 valence electrons. The molecule has 0 saturated heterocycles. The monoisotopic (exact) mass is 222 g/mol. The summed E-state index contributed by atoms with van der Waals surface area (Å²) in [6.07, 6.45) is 2.38. The number of nitrogens with two attached hydrogens (primary N) is 1. The van der Waals surface area contributed by atoms with Gasteiger partial charge in [0, 0.05) is 13.6 Å². The lowest BCUT2D eigenvalue weighted by atomic mass is 10.1. The van der Waals surface area contributed by atoms with E-state index in [1.807, 2.05) is 0 Å². The number of anilines is 1. The summed E-state index contributed by atoms with van der Waals surface area (Å²) in [6, 6.07) is 0. The quantitative estimate of drug-likeness (QED) is 0.796. The van der Waals surface area contributed by atoms with Crippen LogP contribution in [0.15, 0.2) is 0 Å². The molecule has 1 heterocycles. The van der Waals surface area contributed by atoms with Crippen molar-refractivity contribution in [2.75, 3.05) is 12.3 Å². The molecule has 1 aromatic rings. The fraction of sp³-hybridized carbons (Fsp3) is 0.636. The van der Waals surface area contributed by atoms with Gasteiger partial charge >= 0.3 is 0 Å². The number of carbonyl (C=O) groups excluding carboxylic acids is 1. The number of aromatic nitrogens is 2. The summed E-state index contributed by atoms with van der Waals surface area (Å²) >= 11 is 0. The molecule has 0 atom stereocenters. The van der Waals surface area contributed by atoms with Crippen molar-refractivity contribution < 1.29 is 4.79 Å². The van der Waals surface area contributed by atoms with E-state index in [9.17, 15) is 4.79 Å². The van der Waals surface area contributed by atoms with Crippen molar-refractivity contribution >= 4 is 11.6 Å². The molecule has 0 aliphatic heterocycles. The fourth-order valence-electron chi connectivity index (χ4n) is 1.71. The van der Waals surface area contributed by atoms with Gasteiger partial charge in [-0.05, 0) is 25.2 Å². The molecular formula is C11H18N4O. The average molecular weight is 222 g/mol. The molecule has 0 radical (unpaired) electrons. The van der Waals surface area contributed by atoms with Gasteiger partial charge in [-0.15, -0.1) is 0 Å². The van der Waals surface area contributed by atoms with Crippen LogP contribution in [-0.4, -0.2) is 22.2 Å². The summed E-state index contributed by atoms with van der Waals surface area (Å²) in [7, 11) is 1.73. The molecule has 16 heavy (non-hydrogen) atoms. The van der Waals surface area contributed by atoms with Crippen LogP contribution in [-0.2, 0) is 7.05 Å². The highest BCUT2D eigenvalue weighted by molar-refractivity contribution is 5.97. The first-order valence-corrected chi connectivity index (χ1v) is 5.50. The van der Waals surface area contributed by atoms with Crippen molar-refractivity contribution in [3.05, 3.63) is 11.4 Å². The van der Waals surface area contributed by atoms with Gasteiger partial charge in [0.15, 0.2) is 0 Å². The molecule has 0 spiro atoms. The fourth-order valence-corrected chi connectivity index (χ4v) is 1.71. The number of nitrogens with zero attached hydrogens (tertiary/aromatic N) is 2. The van der Waals surface area contributed by atoms with E-state index < -0.39 is 0 Å². The van der Waals surface area contributed by atoms with E-state index in [0.717, 1.165) is 6.54 Å². The van der Waals surface area contributed by atoms with Crippen molar-refractivity contribution in [1.82, 2.24) is 15.1 Å². The van der Waals surface area contributed by atoms with Crippen LogP contribution in [0.3, 0.4) is 0 Å². The number of hydrogen-bond acceptors (Lipinski definition) is 3. The molecule has 0 unspecified atom stereocenters. The highest BCUT2D eigenvalue weighted by Gasteiger charge is 2.37. The van der Waals surface area contributed by atoms with Crippen molar-refractivity contribution in [2.24, 2.45) is 12.5 Å². The highest BCUT2D eigenvalue weighted by atomic mass is 16.2. The van der Waals surface area contributed by atoms with Crippen LogP contribution < -0.4 is 11.1 Å². The Morgan fingerprint density at radius 2 is 2.25 bits per heavy atom. The van der Waals surface area contributed by atoms with E-state index in [2.05, 4.69) is 17.3 Å². The third-order valence-corrected chi connectivity index (χ3v) is 3.26. The number of nitrogens with one attached hydrogen (secondary N) is 1. The molecule has 1 amide bonds. The Morgan fingerprint density at radius 3 is 2.69 bits per heavy atom. The summed E-state index contributed by atoms with van der Waals surface area (Å²) in [6.45, 7) is 4.69. The Hall–Kier alpha value is -1.52. The topological polar surface area (TPSA) is 72.9 Å². The van der Waals surface area contributed by atoms with Crippen LogP contribution in [0.1, 0.15) is 35.9 Å². The van der Waals surface area contributed by atoms with Gasteiger partial charge in [0.25, 0.3) is 5.91 Å². The molecule has 3 N–H and O–H groups in total. The average Bonchev–Trinajstić information content (AvgIpc) is 2.88. The number of rotatable bonds is 3. The third-order valence-electron chi connectivity index (χ3n) is 3.26. The molecule has 0 aromatic carbocycles. The second kappa shape index (κ2) is 3.50. The molecule has 5 nitrogen and oxygen atoms in total. The van der Waals surface area contributed by atoms with Crippen LogP contribution in [0.25, 0.3) is 0 Å². The molecular weight excluding hydrogens is 204 g/mol. The summed E-state index contributed by atoms with van der Waals surface area (Å²) < 4.78 is 1.54. The Kier molecular flexibility index (Phi) is 2.40. The summed E-state index contributed by atoms with van der Waals surface area (Å²) in [4.78, 5) is 11.9. The first-order valence-electron chi connectivity index (χ1n) is 5.50. The molecule has 2 rings (SSSR count). The zero-order valence-electron chi connectivity index (χ0n) is 10.0. The molecule has 1 fully saturated rings. The largest absolute Gasteiger partial charge is 0.395 e. The number of amides is 1. The van der Waals surface area contributed by atoms with Crippen LogP contribution in [0.2, 0.25) is 0 Å². The smallest absolute Gasteiger partial charge is 0.271 e. The molecule has 1 saturated carbocycles. The van der Waals surface area contributed by atoms with Crippen LogP contribution >= 0.6 is 0 Å². The molecule has 1 aromatic heterocycles. The summed E-state index contributed by atoms with van der Waals surface area (Å²) in [5.41, 5.74) is 7.75. The van der Waals surface area contributed by atoms with Gasteiger partial charge in [-0.1, -0.05) is 6.92 Å². The summed E-state index contributed by atoms with van der Waals surface area (Å²) in [5, 5.41) is 7.04. The van der Waals surface area contributed by atoms with E-state index in [1.54, 1.807) is 14.0 Å². The first-order chi connectivity index (χ1) is 7.43. The van der Waals surface area contributed by atoms with Crippen molar-refractivity contribution in [1.29, 1.82) is 0 Å². The minimum atomic E-state index is -0.131. The molecule has 1 aliphatic rings. The Morgan fingerprint density at radius 1 is 1.62 bits per heavy atom. The van der Waals surface area contributed by atoms with Gasteiger partial charge in [0.05, 0.1) is 11.4 Å². The Balaban J connectivity index is 2.08. The third kappa shape index (κ3) is 1.89. The predicted octanol–water partition coefficient (Wildman–Crippen LogP) is 0.841. The predicted molar refractivity (Wildman–Crippen MR) is 62.0 cm³/mol. The van der Waals surface area contributed by atoms with E-state index in [-0.39, 0.29) is 5.91 Å². The zero-order chi connectivity index (χ0) is 11.9. The minimum absolute atomic E-state index is 0.131. The molecule has 0 bridgehead atoms. The lowest BCUT2D eigenvalue weighted by Crippen LogP contribution is -2.31. The second-order valence-electron chi connectivity index (χ2n) is 4.96. The van der Waals surface area contributed by atoms with Crippen LogP contribution in [0.5, 0.6) is 0 Å². The standard InChI is InChI=1S/C11H18N4O/c1-7-8(12)9(15(3)14-7)10(16)13-6-11(2)4-5-11/h4-6,12H2,1-3H3,(H,13,16). The van der Waals surface area contributed by atoms with Crippen molar-refractivity contribution in [3.8, 4) is 0 Å². The van der Waals surface area contributed by atoms with Gasteiger partial charge in [0.1, 0.15) is 5.69 Å². The van der Waals surface area contributed by atoms with Crippen LogP contribution in [0.4, 0.5) is 5.69 Å². The van der Waals surface area contributed by atoms with E-state index >= 15 is 0 Å². The highest BCUT2D eigenvalue weighted by Crippen LogP contribution is 2.44. The van der Waals surface area contributed by atoms with Gasteiger partial charge in [-0.25, -0.2) is 0 Å².